The van der Waals surface area contributed by atoms with Crippen molar-refractivity contribution in [3.05, 3.63) is 24.2 Å². The summed E-state index contributed by atoms with van der Waals surface area (Å²) in [6, 6.07) is 3.34. The minimum atomic E-state index is -2.90. The largest absolute Gasteiger partial charge is 0.468 e. The number of carbonyl (C=O) groups excluding carboxylic acids is 1. The second-order valence-electron chi connectivity index (χ2n) is 5.85. The van der Waals surface area contributed by atoms with Crippen LogP contribution in [0.15, 0.2) is 22.8 Å². The van der Waals surface area contributed by atoms with Gasteiger partial charge in [-0.15, -0.1) is 0 Å². The number of carbonyl (C=O) groups is 1. The van der Waals surface area contributed by atoms with Crippen LogP contribution < -0.4 is 10.6 Å². The lowest BCUT2D eigenvalue weighted by molar-refractivity contribution is 0.224. The molecule has 1 saturated heterocycles. The summed E-state index contributed by atoms with van der Waals surface area (Å²) in [7, 11) is 0.925. The van der Waals surface area contributed by atoms with Crippen molar-refractivity contribution in [2.24, 2.45) is 5.92 Å². The number of nitrogens with one attached hydrogen (secondary N) is 2. The minimum Gasteiger partial charge on any atom is -0.468 e. The molecule has 0 saturated carbocycles. The molecule has 2 amide bonds. The van der Waals surface area contributed by atoms with Gasteiger partial charge in [0.2, 0.25) is 0 Å². The number of hydrogen-bond acceptors (Lipinski definition) is 5. The molecule has 1 aliphatic heterocycles. The molecule has 7 nitrogen and oxygen atoms in total. The van der Waals surface area contributed by atoms with E-state index >= 15 is 0 Å². The van der Waals surface area contributed by atoms with E-state index in [2.05, 4.69) is 10.6 Å². The number of rotatable bonds is 6. The molecule has 0 radical (unpaired) electrons. The van der Waals surface area contributed by atoms with E-state index in [1.54, 1.807) is 6.26 Å². The third-order valence-electron chi connectivity index (χ3n) is 3.83. The van der Waals surface area contributed by atoms with Gasteiger partial charge in [0, 0.05) is 13.1 Å². The Morgan fingerprint density at radius 2 is 2.23 bits per heavy atom. The van der Waals surface area contributed by atoms with E-state index in [9.17, 15) is 13.2 Å². The van der Waals surface area contributed by atoms with E-state index in [1.165, 1.54) is 0 Å². The van der Waals surface area contributed by atoms with Crippen LogP contribution in [0.5, 0.6) is 0 Å². The molecule has 0 spiro atoms. The quantitative estimate of drug-likeness (QED) is 0.798. The lowest BCUT2D eigenvalue weighted by Crippen LogP contribution is -2.42. The molecule has 1 aromatic rings. The highest BCUT2D eigenvalue weighted by Crippen LogP contribution is 2.18. The number of furan rings is 1. The fourth-order valence-electron chi connectivity index (χ4n) is 2.54. The van der Waals surface area contributed by atoms with Gasteiger partial charge in [-0.1, -0.05) is 0 Å². The first-order valence-corrected chi connectivity index (χ1v) is 9.11. The molecule has 2 N–H and O–H groups in total. The second-order valence-corrected chi connectivity index (χ2v) is 8.08. The monoisotopic (exact) mass is 329 g/mol. The number of amides is 2. The lowest BCUT2D eigenvalue weighted by atomic mass is 10.1. The Hall–Kier alpha value is -1.54. The Kier molecular flexibility index (Phi) is 5.47. The van der Waals surface area contributed by atoms with Gasteiger partial charge in [0.05, 0.1) is 23.8 Å². The first-order chi connectivity index (χ1) is 10.4. The normalized spacial score (nSPS) is 21.7. The molecule has 1 aliphatic rings. The minimum absolute atomic E-state index is 0.0190. The van der Waals surface area contributed by atoms with E-state index in [1.807, 2.05) is 31.1 Å². The molecule has 0 aromatic carbocycles. The smallest absolute Gasteiger partial charge is 0.314 e. The molecule has 22 heavy (non-hydrogen) atoms. The zero-order valence-electron chi connectivity index (χ0n) is 12.9. The van der Waals surface area contributed by atoms with Crippen molar-refractivity contribution in [1.29, 1.82) is 0 Å². The van der Waals surface area contributed by atoms with Gasteiger partial charge in [-0.05, 0) is 38.6 Å². The van der Waals surface area contributed by atoms with Crippen LogP contribution in [0.4, 0.5) is 4.79 Å². The van der Waals surface area contributed by atoms with Gasteiger partial charge in [0.25, 0.3) is 0 Å². The van der Waals surface area contributed by atoms with Crippen LogP contribution in [0.1, 0.15) is 18.2 Å². The van der Waals surface area contributed by atoms with E-state index in [0.717, 1.165) is 5.76 Å². The standard InChI is InChI=1S/C14H23N3O4S/c1-17(2)12(13-4-3-6-21-13)9-16-14(18)15-8-11-5-7-22(19,20)10-11/h3-4,6,11-12H,5,7-10H2,1-2H3,(H2,15,16,18)/t11-,12+/m1/s1. The highest BCUT2D eigenvalue weighted by molar-refractivity contribution is 7.91. The van der Waals surface area contributed by atoms with Gasteiger partial charge in [0.1, 0.15) is 5.76 Å². The van der Waals surface area contributed by atoms with Gasteiger partial charge in [0.15, 0.2) is 9.84 Å². The lowest BCUT2D eigenvalue weighted by Gasteiger charge is -2.22. The molecule has 0 bridgehead atoms. The van der Waals surface area contributed by atoms with Crippen molar-refractivity contribution in [2.45, 2.75) is 12.5 Å². The summed E-state index contributed by atoms with van der Waals surface area (Å²) in [4.78, 5) is 13.8. The molecule has 1 aromatic heterocycles. The van der Waals surface area contributed by atoms with E-state index < -0.39 is 9.84 Å². The van der Waals surface area contributed by atoms with Crippen molar-refractivity contribution < 1.29 is 17.6 Å². The third kappa shape index (κ3) is 4.74. The Labute approximate surface area is 131 Å². The van der Waals surface area contributed by atoms with Crippen LogP contribution >= 0.6 is 0 Å². The summed E-state index contributed by atoms with van der Waals surface area (Å²) in [6.07, 6.45) is 2.22. The topological polar surface area (TPSA) is 91.7 Å². The molecule has 2 heterocycles. The predicted molar refractivity (Wildman–Crippen MR) is 83.3 cm³/mol. The maximum atomic E-state index is 11.8. The second kappa shape index (κ2) is 7.15. The molecule has 0 aliphatic carbocycles. The summed E-state index contributed by atoms with van der Waals surface area (Å²) in [6.45, 7) is 0.799. The Morgan fingerprint density at radius 1 is 1.45 bits per heavy atom. The maximum Gasteiger partial charge on any atom is 0.314 e. The van der Waals surface area contributed by atoms with Crippen LogP contribution in [0.25, 0.3) is 0 Å². The fraction of sp³-hybridized carbons (Fsp3) is 0.643. The molecule has 2 rings (SSSR count). The van der Waals surface area contributed by atoms with Crippen LogP contribution in [0.3, 0.4) is 0 Å². The van der Waals surface area contributed by atoms with Gasteiger partial charge < -0.3 is 15.1 Å². The summed E-state index contributed by atoms with van der Waals surface area (Å²) in [5.41, 5.74) is 0. The van der Waals surface area contributed by atoms with E-state index in [0.29, 0.717) is 19.5 Å². The molecular weight excluding hydrogens is 306 g/mol. The molecule has 1 fully saturated rings. The van der Waals surface area contributed by atoms with Gasteiger partial charge >= 0.3 is 6.03 Å². The molecule has 2 atom stereocenters. The number of likely N-dealkylation sites (N-methyl/N-ethyl adjacent to an activating group) is 1. The zero-order chi connectivity index (χ0) is 16.2. The van der Waals surface area contributed by atoms with Crippen LogP contribution in [0.2, 0.25) is 0 Å². The van der Waals surface area contributed by atoms with Crippen molar-refractivity contribution in [2.75, 3.05) is 38.7 Å². The van der Waals surface area contributed by atoms with Crippen molar-refractivity contribution in [3.63, 3.8) is 0 Å². The van der Waals surface area contributed by atoms with E-state index in [-0.39, 0.29) is 29.5 Å². The third-order valence-corrected chi connectivity index (χ3v) is 5.67. The summed E-state index contributed by atoms with van der Waals surface area (Å²) in [5, 5.41) is 5.53. The number of hydrogen-bond donors (Lipinski definition) is 2. The molecular formula is C14H23N3O4S. The molecule has 124 valence electrons. The average molecular weight is 329 g/mol. The van der Waals surface area contributed by atoms with Crippen LogP contribution in [-0.2, 0) is 9.84 Å². The summed E-state index contributed by atoms with van der Waals surface area (Å²) < 4.78 is 28.1. The average Bonchev–Trinajstić information content (AvgIpc) is 3.06. The highest BCUT2D eigenvalue weighted by Gasteiger charge is 2.28. The Morgan fingerprint density at radius 3 is 2.77 bits per heavy atom. The van der Waals surface area contributed by atoms with Gasteiger partial charge in [-0.3, -0.25) is 4.90 Å². The SMILES string of the molecule is CN(C)[C@@H](CNC(=O)NC[C@H]1CCS(=O)(=O)C1)c1ccco1. The van der Waals surface area contributed by atoms with Crippen LogP contribution in [0, 0.1) is 5.92 Å². The maximum absolute atomic E-state index is 11.8. The zero-order valence-corrected chi connectivity index (χ0v) is 13.7. The summed E-state index contributed by atoms with van der Waals surface area (Å²) >= 11 is 0. The number of urea groups is 1. The van der Waals surface area contributed by atoms with Crippen molar-refractivity contribution in [3.8, 4) is 0 Å². The first-order valence-electron chi connectivity index (χ1n) is 7.29. The van der Waals surface area contributed by atoms with Crippen molar-refractivity contribution >= 4 is 15.9 Å². The van der Waals surface area contributed by atoms with Gasteiger partial charge in [-0.2, -0.15) is 0 Å². The number of sulfone groups is 1. The molecule has 8 heteroatoms. The Balaban J connectivity index is 1.75. The van der Waals surface area contributed by atoms with E-state index in [4.69, 9.17) is 4.42 Å². The van der Waals surface area contributed by atoms with Gasteiger partial charge in [-0.25, -0.2) is 13.2 Å². The predicted octanol–water partition coefficient (Wildman–Crippen LogP) is 0.616. The number of nitrogens with zero attached hydrogens (tertiary/aromatic N) is 1. The molecule has 0 unspecified atom stereocenters. The van der Waals surface area contributed by atoms with Crippen LogP contribution in [-0.4, -0.2) is 58.0 Å². The fourth-order valence-corrected chi connectivity index (χ4v) is 4.40. The highest BCUT2D eigenvalue weighted by atomic mass is 32.2. The first kappa shape index (κ1) is 16.8. The Bertz CT molecular complexity index is 583. The summed E-state index contributed by atoms with van der Waals surface area (Å²) in [5.74, 6) is 1.19. The van der Waals surface area contributed by atoms with Crippen molar-refractivity contribution in [1.82, 2.24) is 15.5 Å².